The van der Waals surface area contributed by atoms with Crippen LogP contribution < -0.4 is 10.0 Å². The molecule has 0 aromatic heterocycles. The number of hydrazine groups is 1. The molecule has 0 saturated heterocycles. The van der Waals surface area contributed by atoms with Crippen molar-refractivity contribution in [3.63, 3.8) is 0 Å². The number of halogens is 2. The molecule has 7 heteroatoms. The molecule has 6 rings (SSSR count). The Kier molecular flexibility index (Phi) is 16.5. The maximum absolute atomic E-state index is 5.81. The first-order chi connectivity index (χ1) is 27.6. The number of anilines is 2. The fourth-order valence-electron chi connectivity index (χ4n) is 6.94. The van der Waals surface area contributed by atoms with Gasteiger partial charge in [-0.2, -0.15) is 0 Å². The second-order valence-electron chi connectivity index (χ2n) is 15.1. The SMILES string of the molecule is CC(C)c1cccc(C(C)C)c1N=C(c1ccccc1)N(c1ccccc1)N(C(=Nc1c(C(C)C)cccc1C(C)C)c1ccccc1)c1ccccc1.[Br][Ni][Br]. The Balaban J connectivity index is 0.00000200. The van der Waals surface area contributed by atoms with Crippen LogP contribution in [-0.2, 0) is 10.9 Å². The summed E-state index contributed by atoms with van der Waals surface area (Å²) in [6, 6.07) is 55.6. The summed E-state index contributed by atoms with van der Waals surface area (Å²) in [5, 5.41) is 4.54. The van der Waals surface area contributed by atoms with Gasteiger partial charge in [-0.15, -0.1) is 0 Å². The summed E-state index contributed by atoms with van der Waals surface area (Å²) in [4.78, 5) is 11.6. The summed E-state index contributed by atoms with van der Waals surface area (Å²) in [6.07, 6.45) is 0. The molecule has 0 aliphatic heterocycles. The molecular weight excluding hydrogens is 875 g/mol. The van der Waals surface area contributed by atoms with Gasteiger partial charge in [-0.1, -0.05) is 189 Å². The van der Waals surface area contributed by atoms with E-state index in [1.165, 1.54) is 33.2 Å². The van der Waals surface area contributed by atoms with Crippen molar-refractivity contribution in [2.45, 2.75) is 79.1 Å². The fourth-order valence-corrected chi connectivity index (χ4v) is 6.94. The third kappa shape index (κ3) is 11.0. The summed E-state index contributed by atoms with van der Waals surface area (Å²) in [7, 11) is 1.25. The minimum absolute atomic E-state index is 0.276. The van der Waals surface area contributed by atoms with Crippen LogP contribution >= 0.6 is 28.5 Å². The third-order valence-corrected chi connectivity index (χ3v) is 9.79. The van der Waals surface area contributed by atoms with Crippen molar-refractivity contribution in [2.24, 2.45) is 9.98 Å². The van der Waals surface area contributed by atoms with Crippen molar-refractivity contribution in [1.82, 2.24) is 0 Å². The molecule has 6 aromatic rings. The summed E-state index contributed by atoms with van der Waals surface area (Å²) in [5.74, 6) is 2.70. The van der Waals surface area contributed by atoms with E-state index in [4.69, 9.17) is 9.98 Å². The van der Waals surface area contributed by atoms with Gasteiger partial charge in [0.2, 0.25) is 0 Å². The topological polar surface area (TPSA) is 31.2 Å². The molecule has 0 fully saturated rings. The molecule has 0 atom stereocenters. The van der Waals surface area contributed by atoms with E-state index in [1.807, 2.05) is 0 Å². The van der Waals surface area contributed by atoms with Crippen LogP contribution in [0.5, 0.6) is 0 Å². The van der Waals surface area contributed by atoms with E-state index in [0.717, 1.165) is 45.5 Å². The first-order valence-electron chi connectivity index (χ1n) is 19.6. The van der Waals surface area contributed by atoms with E-state index in [1.54, 1.807) is 0 Å². The number of nitrogens with zero attached hydrogens (tertiary/aromatic N) is 4. The Hall–Kier alpha value is -4.29. The molecule has 57 heavy (non-hydrogen) atoms. The average molecular weight is 930 g/mol. The molecule has 0 aliphatic carbocycles. The quantitative estimate of drug-likeness (QED) is 0.0593. The minimum atomic E-state index is 0.276. The summed E-state index contributed by atoms with van der Waals surface area (Å²) >= 11 is 6.00. The van der Waals surface area contributed by atoms with Crippen molar-refractivity contribution < 1.29 is 10.9 Å². The van der Waals surface area contributed by atoms with Gasteiger partial charge in [-0.25, -0.2) is 20.0 Å². The molecule has 0 unspecified atom stereocenters. The van der Waals surface area contributed by atoms with Gasteiger partial charge in [-0.05, 0) is 70.2 Å². The first kappa shape index (κ1) is 43.8. The third-order valence-electron chi connectivity index (χ3n) is 9.79. The van der Waals surface area contributed by atoms with Gasteiger partial charge in [0.25, 0.3) is 0 Å². The molecule has 0 bridgehead atoms. The number of aliphatic imine (C=N–C) groups is 2. The van der Waals surface area contributed by atoms with E-state index in [9.17, 15) is 0 Å². The van der Waals surface area contributed by atoms with Crippen LogP contribution in [0.1, 0.15) is 112 Å². The Morgan fingerprint density at radius 1 is 0.386 bits per heavy atom. The van der Waals surface area contributed by atoms with Crippen molar-refractivity contribution in [3.8, 4) is 0 Å². The normalized spacial score (nSPS) is 12.0. The summed E-state index contributed by atoms with van der Waals surface area (Å²) in [6.45, 7) is 18.0. The van der Waals surface area contributed by atoms with Crippen molar-refractivity contribution in [3.05, 3.63) is 191 Å². The van der Waals surface area contributed by atoms with Crippen LogP contribution in [0.25, 0.3) is 0 Å². The van der Waals surface area contributed by atoms with E-state index >= 15 is 0 Å². The number of hydrogen-bond acceptors (Lipinski definition) is 2. The van der Waals surface area contributed by atoms with Crippen LogP contribution in [0, 0.1) is 0 Å². The second-order valence-corrected chi connectivity index (χ2v) is 20.1. The number of amidine groups is 2. The molecular formula is C50H54Br2N4Ni. The first-order valence-corrected chi connectivity index (χ1v) is 24.5. The van der Waals surface area contributed by atoms with Gasteiger partial charge < -0.3 is 0 Å². The molecule has 0 N–H and O–H groups in total. The van der Waals surface area contributed by atoms with E-state index in [-0.39, 0.29) is 23.7 Å². The van der Waals surface area contributed by atoms with Crippen molar-refractivity contribution >= 4 is 62.9 Å². The molecule has 0 saturated carbocycles. The van der Waals surface area contributed by atoms with E-state index in [0.29, 0.717) is 0 Å². The monoisotopic (exact) mass is 926 g/mol. The molecule has 0 heterocycles. The van der Waals surface area contributed by atoms with Crippen LogP contribution in [-0.4, -0.2) is 11.7 Å². The van der Waals surface area contributed by atoms with Crippen molar-refractivity contribution in [1.29, 1.82) is 0 Å². The standard InChI is InChI=1S/C50H54N4.2BrH.Ni/c1-35(2)43-31-21-32-44(36(3)4)47(43)51-49(39-23-13-9-14-24-39)53(41-27-17-11-18-28-41)54(42-29-19-12-20-30-42)50(40-25-15-10-16-26-40)52-48-45(37(5)6)33-22-34-46(48)38(7)8;;;/h9-38H,1-8H3;2*1H;/q;;;+2/p-2. The Morgan fingerprint density at radius 3 is 0.877 bits per heavy atom. The van der Waals surface area contributed by atoms with Gasteiger partial charge in [0.05, 0.1) is 22.7 Å². The number of para-hydroxylation sites is 4. The van der Waals surface area contributed by atoms with E-state index < -0.39 is 0 Å². The Labute approximate surface area is 361 Å². The number of rotatable bonds is 10. The number of hydrogen-bond donors (Lipinski definition) is 0. The van der Waals surface area contributed by atoms with Gasteiger partial charge in [0.15, 0.2) is 11.7 Å². The van der Waals surface area contributed by atoms with Crippen LogP contribution in [0.4, 0.5) is 22.7 Å². The molecule has 0 amide bonds. The summed E-state index contributed by atoms with van der Waals surface area (Å²) in [5.41, 5.74) is 10.8. The second kappa shape index (κ2) is 21.5. The van der Waals surface area contributed by atoms with Crippen LogP contribution in [0.15, 0.2) is 168 Å². The number of benzene rings is 6. The predicted molar refractivity (Wildman–Crippen MR) is 250 cm³/mol. The van der Waals surface area contributed by atoms with Gasteiger partial charge >= 0.3 is 39.3 Å². The molecule has 0 spiro atoms. The zero-order valence-electron chi connectivity index (χ0n) is 34.2. The average Bonchev–Trinajstić information content (AvgIpc) is 3.22. The molecule has 4 nitrogen and oxygen atoms in total. The van der Waals surface area contributed by atoms with Crippen LogP contribution in [0.2, 0.25) is 0 Å². The van der Waals surface area contributed by atoms with Gasteiger partial charge in [0, 0.05) is 11.1 Å². The Bertz CT molecular complexity index is 1990. The summed E-state index contributed by atoms with van der Waals surface area (Å²) < 4.78 is 0. The van der Waals surface area contributed by atoms with Crippen LogP contribution in [0.3, 0.4) is 0 Å². The molecule has 0 aliphatic rings. The molecule has 6 aromatic carbocycles. The predicted octanol–water partition coefficient (Wildman–Crippen LogP) is 15.7. The van der Waals surface area contributed by atoms with Gasteiger partial charge in [-0.3, -0.25) is 0 Å². The molecule has 0 radical (unpaired) electrons. The zero-order valence-corrected chi connectivity index (χ0v) is 38.3. The Morgan fingerprint density at radius 2 is 0.632 bits per heavy atom. The van der Waals surface area contributed by atoms with Gasteiger partial charge in [0.1, 0.15) is 0 Å². The molecule has 298 valence electrons. The fraction of sp³-hybridized carbons (Fsp3) is 0.240. The van der Waals surface area contributed by atoms with Crippen molar-refractivity contribution in [2.75, 3.05) is 10.0 Å². The zero-order chi connectivity index (χ0) is 40.9. The maximum atomic E-state index is 5.81. The van der Waals surface area contributed by atoms with E-state index in [2.05, 4.69) is 252 Å².